The number of nitrogens with one attached hydrogen (secondary N) is 1. The lowest BCUT2D eigenvalue weighted by Crippen LogP contribution is -2.53. The normalized spacial score (nSPS) is 14.9. The van der Waals surface area contributed by atoms with Crippen molar-refractivity contribution >= 4 is 55.1 Å². The second kappa shape index (κ2) is 14.6. The van der Waals surface area contributed by atoms with Gasteiger partial charge in [-0.25, -0.2) is 8.42 Å². The number of halogens is 5. The fourth-order valence-electron chi connectivity index (χ4n) is 5.19. The molecule has 3 aromatic rings. The maximum Gasteiger partial charge on any atom is 0.417 e. The molecule has 0 radical (unpaired) electrons. The van der Waals surface area contributed by atoms with E-state index in [4.69, 9.17) is 11.6 Å². The monoisotopic (exact) mass is 727 g/mol. The Labute approximate surface area is 274 Å². The van der Waals surface area contributed by atoms with Crippen LogP contribution in [0.4, 0.5) is 18.9 Å². The average Bonchev–Trinajstić information content (AvgIpc) is 2.99. The molecule has 0 aliphatic heterocycles. The lowest BCUT2D eigenvalue weighted by molar-refractivity contribution is -0.139. The fourth-order valence-corrected chi connectivity index (χ4v) is 7.08. The minimum atomic E-state index is -4.88. The van der Waals surface area contributed by atoms with Crippen molar-refractivity contribution < 1.29 is 31.2 Å². The highest BCUT2D eigenvalue weighted by Crippen LogP contribution is 2.38. The van der Waals surface area contributed by atoms with E-state index in [1.807, 2.05) is 0 Å². The van der Waals surface area contributed by atoms with Crippen molar-refractivity contribution in [2.24, 2.45) is 0 Å². The summed E-state index contributed by atoms with van der Waals surface area (Å²) in [7, 11) is -4.55. The first-order valence-electron chi connectivity index (χ1n) is 14.5. The minimum absolute atomic E-state index is 0.0356. The Morgan fingerprint density at radius 1 is 1.00 bits per heavy atom. The van der Waals surface area contributed by atoms with Crippen molar-refractivity contribution in [3.05, 3.63) is 92.9 Å². The van der Waals surface area contributed by atoms with Crippen LogP contribution in [0.15, 0.2) is 76.1 Å². The summed E-state index contributed by atoms with van der Waals surface area (Å²) < 4.78 is 70.8. The predicted molar refractivity (Wildman–Crippen MR) is 171 cm³/mol. The van der Waals surface area contributed by atoms with Crippen LogP contribution in [0.3, 0.4) is 0 Å². The van der Waals surface area contributed by atoms with Gasteiger partial charge in [-0.05, 0) is 74.7 Å². The van der Waals surface area contributed by atoms with E-state index in [9.17, 15) is 31.2 Å². The van der Waals surface area contributed by atoms with Crippen LogP contribution in [-0.4, -0.2) is 43.8 Å². The van der Waals surface area contributed by atoms with Gasteiger partial charge in [0.15, 0.2) is 0 Å². The van der Waals surface area contributed by atoms with Gasteiger partial charge in [0.05, 0.1) is 21.2 Å². The number of hydrogen-bond acceptors (Lipinski definition) is 4. The van der Waals surface area contributed by atoms with Gasteiger partial charge in [-0.3, -0.25) is 13.9 Å². The smallest absolute Gasteiger partial charge is 0.352 e. The van der Waals surface area contributed by atoms with E-state index in [0.717, 1.165) is 54.3 Å². The van der Waals surface area contributed by atoms with E-state index in [-0.39, 0.29) is 17.5 Å². The van der Waals surface area contributed by atoms with Crippen LogP contribution in [0, 0.1) is 6.92 Å². The van der Waals surface area contributed by atoms with Crippen LogP contribution < -0.4 is 9.62 Å². The minimum Gasteiger partial charge on any atom is -0.352 e. The lowest BCUT2D eigenvalue weighted by Gasteiger charge is -2.33. The summed E-state index contributed by atoms with van der Waals surface area (Å²) in [5.41, 5.74) is -0.211. The molecule has 2 amide bonds. The Morgan fingerprint density at radius 3 is 2.22 bits per heavy atom. The quantitative estimate of drug-likeness (QED) is 0.235. The van der Waals surface area contributed by atoms with Crippen LogP contribution in [-0.2, 0) is 32.3 Å². The molecule has 0 unspecified atom stereocenters. The van der Waals surface area contributed by atoms with E-state index in [2.05, 4.69) is 21.2 Å². The van der Waals surface area contributed by atoms with Crippen molar-refractivity contribution in [1.29, 1.82) is 0 Å². The van der Waals surface area contributed by atoms with Crippen LogP contribution in [0.25, 0.3) is 0 Å². The summed E-state index contributed by atoms with van der Waals surface area (Å²) in [5.74, 6) is -1.17. The number of benzene rings is 3. The molecule has 1 aliphatic rings. The summed E-state index contributed by atoms with van der Waals surface area (Å²) in [5, 5.41) is 2.40. The zero-order chi connectivity index (χ0) is 32.9. The molecule has 1 N–H and O–H groups in total. The fraction of sp³-hybridized carbons (Fsp3) is 0.375. The van der Waals surface area contributed by atoms with Crippen molar-refractivity contribution in [3.8, 4) is 0 Å². The number of aryl methyl sites for hydroxylation is 1. The number of amides is 2. The van der Waals surface area contributed by atoms with E-state index >= 15 is 0 Å². The largest absolute Gasteiger partial charge is 0.417 e. The van der Waals surface area contributed by atoms with Gasteiger partial charge in [0.2, 0.25) is 11.8 Å². The third-order valence-electron chi connectivity index (χ3n) is 7.82. The Morgan fingerprint density at radius 2 is 1.62 bits per heavy atom. The summed E-state index contributed by atoms with van der Waals surface area (Å²) >= 11 is 9.21. The van der Waals surface area contributed by atoms with Crippen molar-refractivity contribution in [3.63, 3.8) is 0 Å². The molecule has 7 nitrogen and oxygen atoms in total. The van der Waals surface area contributed by atoms with Gasteiger partial charge in [0.25, 0.3) is 10.0 Å². The second-order valence-corrected chi connectivity index (χ2v) is 14.3. The van der Waals surface area contributed by atoms with E-state index in [1.54, 1.807) is 50.2 Å². The maximum atomic E-state index is 14.1. The van der Waals surface area contributed by atoms with Gasteiger partial charge in [-0.1, -0.05) is 76.6 Å². The molecule has 1 atom stereocenters. The molecule has 0 heterocycles. The molecular weight excluding hydrogens is 695 g/mol. The Balaban J connectivity index is 1.74. The molecular formula is C32H34BrClF3N3O4S. The molecule has 1 saturated carbocycles. The number of hydrogen-bond donors (Lipinski definition) is 1. The van der Waals surface area contributed by atoms with Gasteiger partial charge >= 0.3 is 6.18 Å². The molecule has 4 rings (SSSR count). The van der Waals surface area contributed by atoms with Gasteiger partial charge < -0.3 is 10.2 Å². The first-order chi connectivity index (χ1) is 21.2. The summed E-state index contributed by atoms with van der Waals surface area (Å²) in [4.78, 5) is 28.5. The van der Waals surface area contributed by atoms with Crippen LogP contribution in [0.5, 0.6) is 0 Å². The van der Waals surface area contributed by atoms with E-state index in [1.165, 1.54) is 17.0 Å². The third kappa shape index (κ3) is 8.80. The van der Waals surface area contributed by atoms with Crippen molar-refractivity contribution in [2.75, 3.05) is 10.8 Å². The molecule has 1 fully saturated rings. The maximum absolute atomic E-state index is 14.1. The molecule has 0 aromatic heterocycles. The molecule has 1 aliphatic carbocycles. The molecule has 0 spiro atoms. The molecule has 0 bridgehead atoms. The van der Waals surface area contributed by atoms with Crippen LogP contribution in [0.1, 0.15) is 55.7 Å². The van der Waals surface area contributed by atoms with Gasteiger partial charge in [-0.2, -0.15) is 13.2 Å². The van der Waals surface area contributed by atoms with Crippen LogP contribution in [0.2, 0.25) is 5.02 Å². The van der Waals surface area contributed by atoms with E-state index in [0.29, 0.717) is 15.9 Å². The lowest BCUT2D eigenvalue weighted by atomic mass is 9.95. The molecule has 242 valence electrons. The summed E-state index contributed by atoms with van der Waals surface area (Å²) in [6.45, 7) is 2.40. The summed E-state index contributed by atoms with van der Waals surface area (Å²) in [6, 6.07) is 14.4. The number of anilines is 1. The van der Waals surface area contributed by atoms with Gasteiger partial charge in [0.1, 0.15) is 12.6 Å². The zero-order valence-corrected chi connectivity index (χ0v) is 27.9. The topological polar surface area (TPSA) is 86.8 Å². The highest BCUT2D eigenvalue weighted by Gasteiger charge is 2.37. The Bertz CT molecular complexity index is 1610. The molecule has 45 heavy (non-hydrogen) atoms. The SMILES string of the molecule is Cc1ccc(S(=O)(=O)N(CC(=O)N(Cc2ccc(Br)cc2)[C@@H](C)C(=O)NC2CCCCC2)c2ccc(Cl)c(C(F)(F)F)c2)cc1. The number of sulfonamides is 1. The third-order valence-corrected chi connectivity index (χ3v) is 10.5. The first kappa shape index (κ1) is 34.8. The van der Waals surface area contributed by atoms with Gasteiger partial charge in [-0.15, -0.1) is 0 Å². The summed E-state index contributed by atoms with van der Waals surface area (Å²) in [6.07, 6.45) is -0.196. The Kier molecular flexibility index (Phi) is 11.2. The molecule has 13 heteroatoms. The number of carbonyl (C=O) groups is 2. The highest BCUT2D eigenvalue weighted by molar-refractivity contribution is 9.10. The number of rotatable bonds is 10. The zero-order valence-electron chi connectivity index (χ0n) is 24.8. The first-order valence-corrected chi connectivity index (χ1v) is 17.1. The van der Waals surface area contributed by atoms with Crippen LogP contribution >= 0.6 is 27.5 Å². The average molecular weight is 729 g/mol. The van der Waals surface area contributed by atoms with Gasteiger partial charge in [0, 0.05) is 17.1 Å². The Hall–Kier alpha value is -3.09. The number of alkyl halides is 3. The predicted octanol–water partition coefficient (Wildman–Crippen LogP) is 7.49. The second-order valence-electron chi connectivity index (χ2n) is 11.2. The molecule has 0 saturated heterocycles. The standard InChI is InChI=1S/C32H34BrClF3N3O4S/c1-21-8-15-27(16-9-21)45(43,44)40(26-14-17-29(34)28(18-26)32(35,36)37)20-30(41)39(19-23-10-12-24(33)13-11-23)22(2)31(42)38-25-6-4-3-5-7-25/h8-18,22,25H,3-7,19-20H2,1-2H3,(H,38,42)/t22-/m0/s1. The molecule has 3 aromatic carbocycles. The highest BCUT2D eigenvalue weighted by atomic mass is 79.9. The van der Waals surface area contributed by atoms with Crippen molar-refractivity contribution in [2.45, 2.75) is 75.7 Å². The number of carbonyl (C=O) groups excluding carboxylic acids is 2. The van der Waals surface area contributed by atoms with E-state index < -0.39 is 56.9 Å². The number of nitrogens with zero attached hydrogens (tertiary/aromatic N) is 2. The van der Waals surface area contributed by atoms with Crippen molar-refractivity contribution in [1.82, 2.24) is 10.2 Å².